The Bertz CT molecular complexity index is 3280. The van der Waals surface area contributed by atoms with Crippen LogP contribution in [-0.4, -0.2) is 15.0 Å². The van der Waals surface area contributed by atoms with Crippen molar-refractivity contribution in [2.24, 2.45) is 0 Å². The first-order valence-corrected chi connectivity index (χ1v) is 19.8. The Morgan fingerprint density at radius 3 is 1.37 bits per heavy atom. The maximum atomic E-state index is 6.71. The second-order valence-corrected chi connectivity index (χ2v) is 14.8. The number of benzene rings is 9. The zero-order valence-corrected chi connectivity index (χ0v) is 32.0. The van der Waals surface area contributed by atoms with E-state index in [0.29, 0.717) is 17.5 Å². The number of fused-ring (bicyclic) bond motifs is 4. The lowest BCUT2D eigenvalue weighted by Crippen LogP contribution is -2.00. The van der Waals surface area contributed by atoms with Gasteiger partial charge in [-0.1, -0.05) is 200 Å². The second-order valence-electron chi connectivity index (χ2n) is 14.8. The average molecular weight is 754 g/mol. The zero-order valence-electron chi connectivity index (χ0n) is 32.0. The van der Waals surface area contributed by atoms with E-state index in [1.165, 1.54) is 21.9 Å². The van der Waals surface area contributed by atoms with Crippen LogP contribution in [0.25, 0.3) is 111 Å². The minimum absolute atomic E-state index is 0.585. The molecule has 0 aliphatic carbocycles. The summed E-state index contributed by atoms with van der Waals surface area (Å²) in [4.78, 5) is 15.5. The number of hydrogen-bond donors (Lipinski definition) is 0. The maximum Gasteiger partial charge on any atom is 0.164 e. The van der Waals surface area contributed by atoms with Crippen molar-refractivity contribution in [2.75, 3.05) is 0 Å². The predicted molar refractivity (Wildman–Crippen MR) is 243 cm³/mol. The molecule has 4 heteroatoms. The summed E-state index contributed by atoms with van der Waals surface area (Å²) in [6, 6.07) is 74.0. The fourth-order valence-corrected chi connectivity index (χ4v) is 8.11. The molecular weight excluding hydrogens is 719 g/mol. The van der Waals surface area contributed by atoms with Crippen molar-refractivity contribution in [1.29, 1.82) is 0 Å². The lowest BCUT2D eigenvalue weighted by molar-refractivity contribution is 0.670. The molecule has 0 aliphatic heterocycles. The van der Waals surface area contributed by atoms with Crippen molar-refractivity contribution in [3.63, 3.8) is 0 Å². The molecule has 0 fully saturated rings. The molecular formula is C55H35N3O. The lowest BCUT2D eigenvalue weighted by atomic mass is 9.98. The molecule has 0 amide bonds. The van der Waals surface area contributed by atoms with Crippen molar-refractivity contribution < 1.29 is 4.42 Å². The van der Waals surface area contributed by atoms with Gasteiger partial charge in [0.25, 0.3) is 0 Å². The van der Waals surface area contributed by atoms with Gasteiger partial charge in [0.1, 0.15) is 11.2 Å². The van der Waals surface area contributed by atoms with Crippen molar-refractivity contribution in [3.05, 3.63) is 212 Å². The van der Waals surface area contributed by atoms with Gasteiger partial charge in [-0.3, -0.25) is 0 Å². The Kier molecular flexibility index (Phi) is 8.45. The number of hydrogen-bond acceptors (Lipinski definition) is 4. The monoisotopic (exact) mass is 753 g/mol. The summed E-state index contributed by atoms with van der Waals surface area (Å²) in [5.74, 6) is 1.79. The van der Waals surface area contributed by atoms with Gasteiger partial charge in [0.2, 0.25) is 0 Å². The minimum atomic E-state index is 0.585. The molecule has 0 bridgehead atoms. The Hall–Kier alpha value is -7.95. The van der Waals surface area contributed by atoms with E-state index in [1.807, 2.05) is 24.3 Å². The molecule has 0 spiro atoms. The van der Waals surface area contributed by atoms with Crippen molar-refractivity contribution in [1.82, 2.24) is 15.0 Å². The number of furan rings is 1. The highest BCUT2D eigenvalue weighted by Gasteiger charge is 2.20. The minimum Gasteiger partial charge on any atom is -0.455 e. The maximum absolute atomic E-state index is 6.71. The van der Waals surface area contributed by atoms with Gasteiger partial charge in [0.15, 0.2) is 17.5 Å². The number of rotatable bonds is 7. The van der Waals surface area contributed by atoms with Crippen LogP contribution in [0.2, 0.25) is 0 Å². The van der Waals surface area contributed by atoms with Crippen molar-refractivity contribution in [3.8, 4) is 78.7 Å². The van der Waals surface area contributed by atoms with Gasteiger partial charge in [0.05, 0.1) is 0 Å². The topological polar surface area (TPSA) is 51.8 Å². The number of para-hydroxylation sites is 1. The first kappa shape index (κ1) is 34.3. The molecule has 0 unspecified atom stereocenters. The second kappa shape index (κ2) is 14.5. The van der Waals surface area contributed by atoms with E-state index in [4.69, 9.17) is 19.4 Å². The molecule has 0 aliphatic rings. The molecule has 0 saturated carbocycles. The van der Waals surface area contributed by atoms with Crippen LogP contribution in [0.5, 0.6) is 0 Å². The fourth-order valence-electron chi connectivity index (χ4n) is 8.11. The van der Waals surface area contributed by atoms with Crippen LogP contribution >= 0.6 is 0 Å². The normalized spacial score (nSPS) is 11.4. The molecule has 276 valence electrons. The van der Waals surface area contributed by atoms with Crippen LogP contribution < -0.4 is 0 Å². The molecule has 11 rings (SSSR count). The molecule has 9 aromatic carbocycles. The summed E-state index contributed by atoms with van der Waals surface area (Å²) in [6.07, 6.45) is 0. The SMILES string of the molecule is c1ccc(-c2ccc(-c3nc(-c4ccc(-c5ccc6ccccc6c5)cc4)nc(-c4cccc5oc6c(-c7ccc(-c8ccccc8)cc7)cccc6c45)n3)cc2)cc1. The third-order valence-electron chi connectivity index (χ3n) is 11.2. The Morgan fingerprint density at radius 1 is 0.288 bits per heavy atom. The summed E-state index contributed by atoms with van der Waals surface area (Å²) in [7, 11) is 0. The van der Waals surface area contributed by atoms with E-state index >= 15 is 0 Å². The summed E-state index contributed by atoms with van der Waals surface area (Å²) in [5.41, 5.74) is 13.4. The van der Waals surface area contributed by atoms with Gasteiger partial charge in [-0.15, -0.1) is 0 Å². The Balaban J connectivity index is 1.03. The molecule has 0 N–H and O–H groups in total. The van der Waals surface area contributed by atoms with Gasteiger partial charge >= 0.3 is 0 Å². The van der Waals surface area contributed by atoms with Gasteiger partial charge in [-0.2, -0.15) is 0 Å². The summed E-state index contributed by atoms with van der Waals surface area (Å²) >= 11 is 0. The third kappa shape index (κ3) is 6.43. The van der Waals surface area contributed by atoms with Gasteiger partial charge < -0.3 is 4.42 Å². The quantitative estimate of drug-likeness (QED) is 0.163. The van der Waals surface area contributed by atoms with Gasteiger partial charge in [-0.25, -0.2) is 15.0 Å². The molecule has 2 heterocycles. The Morgan fingerprint density at radius 2 is 0.746 bits per heavy atom. The van der Waals surface area contributed by atoms with E-state index in [0.717, 1.165) is 72.0 Å². The standard InChI is InChI=1S/C55H35N3O/c1-3-11-36(12-4-1)39-21-28-42(29-22-39)47-17-9-18-48-51-49(19-10-20-50(51)59-52(47)48)55-57-53(43-30-23-40(24-31-43)37-13-5-2-6-14-37)56-54(58-55)44-32-25-41(26-33-44)46-34-27-38-15-7-8-16-45(38)35-46/h1-35H. The Labute approximate surface area is 341 Å². The van der Waals surface area contributed by atoms with Crippen molar-refractivity contribution in [2.45, 2.75) is 0 Å². The average Bonchev–Trinajstić information content (AvgIpc) is 3.71. The molecule has 0 saturated heterocycles. The predicted octanol–water partition coefficient (Wildman–Crippen LogP) is 14.6. The molecule has 0 radical (unpaired) electrons. The van der Waals surface area contributed by atoms with Crippen molar-refractivity contribution >= 4 is 32.7 Å². The van der Waals surface area contributed by atoms with Crippen LogP contribution in [0, 0.1) is 0 Å². The molecule has 0 atom stereocenters. The fraction of sp³-hybridized carbons (Fsp3) is 0. The third-order valence-corrected chi connectivity index (χ3v) is 11.2. The molecule has 59 heavy (non-hydrogen) atoms. The summed E-state index contributed by atoms with van der Waals surface area (Å²) in [6.45, 7) is 0. The van der Waals surface area contributed by atoms with Gasteiger partial charge in [0, 0.05) is 33.0 Å². The van der Waals surface area contributed by atoms with Crippen LogP contribution in [0.1, 0.15) is 0 Å². The van der Waals surface area contributed by atoms with E-state index in [1.54, 1.807) is 0 Å². The van der Waals surface area contributed by atoms with Crippen LogP contribution in [0.3, 0.4) is 0 Å². The number of nitrogens with zero attached hydrogens (tertiary/aromatic N) is 3. The molecule has 11 aromatic rings. The van der Waals surface area contributed by atoms with E-state index in [-0.39, 0.29) is 0 Å². The van der Waals surface area contributed by atoms with Crippen LogP contribution in [0.15, 0.2) is 217 Å². The first-order valence-electron chi connectivity index (χ1n) is 19.8. The smallest absolute Gasteiger partial charge is 0.164 e. The largest absolute Gasteiger partial charge is 0.455 e. The van der Waals surface area contributed by atoms with E-state index in [9.17, 15) is 0 Å². The highest BCUT2D eigenvalue weighted by atomic mass is 16.3. The van der Waals surface area contributed by atoms with E-state index < -0.39 is 0 Å². The highest BCUT2D eigenvalue weighted by Crippen LogP contribution is 2.41. The lowest BCUT2D eigenvalue weighted by Gasteiger charge is -2.11. The van der Waals surface area contributed by atoms with Gasteiger partial charge in [-0.05, 0) is 61.8 Å². The zero-order chi connectivity index (χ0) is 39.1. The molecule has 4 nitrogen and oxygen atoms in total. The highest BCUT2D eigenvalue weighted by molar-refractivity contribution is 6.15. The number of aromatic nitrogens is 3. The van der Waals surface area contributed by atoms with Crippen LogP contribution in [0.4, 0.5) is 0 Å². The summed E-state index contributed by atoms with van der Waals surface area (Å²) < 4.78 is 6.71. The van der Waals surface area contributed by atoms with Crippen LogP contribution in [-0.2, 0) is 0 Å². The molecule has 2 aromatic heterocycles. The first-order chi connectivity index (χ1) is 29.2. The van der Waals surface area contributed by atoms with E-state index in [2.05, 4.69) is 188 Å². The summed E-state index contributed by atoms with van der Waals surface area (Å²) in [5, 5.41) is 4.42.